The zero-order chi connectivity index (χ0) is 18.8. The van der Waals surface area contributed by atoms with Crippen molar-refractivity contribution in [3.8, 4) is 0 Å². The van der Waals surface area contributed by atoms with E-state index in [1.54, 1.807) is 34.7 Å². The van der Waals surface area contributed by atoms with Gasteiger partial charge in [-0.15, -0.1) is 0 Å². The van der Waals surface area contributed by atoms with Gasteiger partial charge in [0.2, 0.25) is 5.91 Å². The highest BCUT2D eigenvalue weighted by atomic mass is 16.6. The van der Waals surface area contributed by atoms with Gasteiger partial charge in [-0.3, -0.25) is 4.79 Å². The monoisotopic (exact) mass is 345 g/mol. The van der Waals surface area contributed by atoms with Gasteiger partial charge in [0.15, 0.2) is 0 Å². The van der Waals surface area contributed by atoms with Gasteiger partial charge in [0.1, 0.15) is 11.6 Å². The summed E-state index contributed by atoms with van der Waals surface area (Å²) in [6.45, 7) is 7.46. The number of methoxy groups -OCH3 is 1. The Bertz CT molecular complexity index is 420. The number of nitrogens with one attached hydrogen (secondary N) is 3. The van der Waals surface area contributed by atoms with Crippen molar-refractivity contribution in [2.75, 3.05) is 20.7 Å². The third-order valence-corrected chi connectivity index (χ3v) is 3.17. The van der Waals surface area contributed by atoms with Crippen molar-refractivity contribution in [3.05, 3.63) is 0 Å². The molecule has 1 unspecified atom stereocenters. The molecule has 0 aromatic rings. The van der Waals surface area contributed by atoms with Crippen LogP contribution in [0.4, 0.5) is 4.79 Å². The van der Waals surface area contributed by atoms with Crippen LogP contribution in [0.25, 0.3) is 0 Å². The first kappa shape index (κ1) is 22.2. The Kier molecular flexibility index (Phi) is 10.0. The smallest absolute Gasteiger partial charge is 0.407 e. The quantitative estimate of drug-likeness (QED) is 0.424. The van der Waals surface area contributed by atoms with Crippen LogP contribution in [0.3, 0.4) is 0 Å². The van der Waals surface area contributed by atoms with Crippen LogP contribution >= 0.6 is 0 Å². The fraction of sp³-hybridized carbons (Fsp3) is 0.812. The van der Waals surface area contributed by atoms with E-state index in [9.17, 15) is 14.4 Å². The summed E-state index contributed by atoms with van der Waals surface area (Å²) in [4.78, 5) is 34.9. The van der Waals surface area contributed by atoms with E-state index in [4.69, 9.17) is 4.74 Å². The van der Waals surface area contributed by atoms with Crippen LogP contribution in [0.5, 0.6) is 0 Å². The molecule has 8 nitrogen and oxygen atoms in total. The summed E-state index contributed by atoms with van der Waals surface area (Å²) in [5, 5.41) is 8.19. The minimum absolute atomic E-state index is 0.254. The summed E-state index contributed by atoms with van der Waals surface area (Å²) in [7, 11) is 2.96. The first-order chi connectivity index (χ1) is 11.1. The largest absolute Gasteiger partial charge is 0.467 e. The molecule has 0 heterocycles. The molecule has 0 aromatic heterocycles. The topological polar surface area (TPSA) is 106 Å². The number of carbonyl (C=O) groups is 3. The Morgan fingerprint density at radius 1 is 1.12 bits per heavy atom. The lowest BCUT2D eigenvalue weighted by atomic mass is 10.1. The van der Waals surface area contributed by atoms with E-state index < -0.39 is 29.7 Å². The van der Waals surface area contributed by atoms with Crippen molar-refractivity contribution in [3.63, 3.8) is 0 Å². The molecule has 0 aliphatic carbocycles. The van der Waals surface area contributed by atoms with E-state index in [0.717, 1.165) is 12.8 Å². The Morgan fingerprint density at radius 2 is 1.75 bits per heavy atom. The van der Waals surface area contributed by atoms with Gasteiger partial charge >= 0.3 is 12.1 Å². The number of unbranched alkanes of at least 4 members (excludes halogenated alkanes) is 1. The van der Waals surface area contributed by atoms with Gasteiger partial charge in [0, 0.05) is 6.54 Å². The van der Waals surface area contributed by atoms with Crippen LogP contribution in [0, 0.1) is 0 Å². The number of ether oxygens (including phenoxy) is 2. The molecular weight excluding hydrogens is 314 g/mol. The SMILES string of the molecule is CNC(CCCCNC(=O)OC(C)(C)C)C(=O)N[C@H](C)C(=O)OC. The van der Waals surface area contributed by atoms with Crippen LogP contribution in [-0.4, -0.2) is 56.4 Å². The maximum absolute atomic E-state index is 12.1. The standard InChI is InChI=1S/C16H31N3O5/c1-11(14(21)23-6)19-13(20)12(17-5)9-7-8-10-18-15(22)24-16(2,3)4/h11-12,17H,7-10H2,1-6H3,(H,18,22)(H,19,20)/t11-,12?/m1/s1. The summed E-state index contributed by atoms with van der Waals surface area (Å²) in [6, 6.07) is -1.09. The molecule has 0 fully saturated rings. The number of amides is 2. The number of alkyl carbamates (subject to hydrolysis) is 1. The molecule has 0 spiro atoms. The van der Waals surface area contributed by atoms with Crippen LogP contribution < -0.4 is 16.0 Å². The Morgan fingerprint density at radius 3 is 2.25 bits per heavy atom. The number of likely N-dealkylation sites (N-methyl/N-ethyl adjacent to an activating group) is 1. The number of rotatable bonds is 9. The van der Waals surface area contributed by atoms with Crippen LogP contribution in [0.1, 0.15) is 47.0 Å². The minimum atomic E-state index is -0.688. The van der Waals surface area contributed by atoms with Gasteiger partial charge in [0.25, 0.3) is 0 Å². The molecule has 3 N–H and O–H groups in total. The average molecular weight is 345 g/mol. The van der Waals surface area contributed by atoms with Crippen LogP contribution in [0.2, 0.25) is 0 Å². The molecule has 0 bridgehead atoms. The predicted octanol–water partition coefficient (Wildman–Crippen LogP) is 0.947. The second kappa shape index (κ2) is 10.9. The fourth-order valence-electron chi connectivity index (χ4n) is 1.93. The highest BCUT2D eigenvalue weighted by Gasteiger charge is 2.21. The van der Waals surface area contributed by atoms with Gasteiger partial charge in [-0.05, 0) is 54.0 Å². The summed E-state index contributed by atoms with van der Waals surface area (Å²) < 4.78 is 9.70. The lowest BCUT2D eigenvalue weighted by Gasteiger charge is -2.20. The molecule has 2 atom stereocenters. The number of hydrogen-bond acceptors (Lipinski definition) is 6. The van der Waals surface area contributed by atoms with Gasteiger partial charge in [-0.25, -0.2) is 9.59 Å². The second-order valence-corrected chi connectivity index (χ2v) is 6.52. The summed E-state index contributed by atoms with van der Waals surface area (Å²) in [5.74, 6) is -0.740. The second-order valence-electron chi connectivity index (χ2n) is 6.52. The Balaban J connectivity index is 4.04. The maximum Gasteiger partial charge on any atom is 0.407 e. The Labute approximate surface area is 144 Å². The number of hydrogen-bond donors (Lipinski definition) is 3. The van der Waals surface area contributed by atoms with Gasteiger partial charge in [-0.2, -0.15) is 0 Å². The van der Waals surface area contributed by atoms with Gasteiger partial charge < -0.3 is 25.4 Å². The van der Waals surface area contributed by atoms with E-state index in [2.05, 4.69) is 20.7 Å². The van der Waals surface area contributed by atoms with Crippen LogP contribution in [0.15, 0.2) is 0 Å². The zero-order valence-electron chi connectivity index (χ0n) is 15.5. The van der Waals surface area contributed by atoms with E-state index in [1.807, 2.05) is 0 Å². The summed E-state index contributed by atoms with van der Waals surface area (Å²) in [5.41, 5.74) is -0.518. The molecule has 0 aliphatic heterocycles. The molecule has 2 amide bonds. The third-order valence-electron chi connectivity index (χ3n) is 3.17. The minimum Gasteiger partial charge on any atom is -0.467 e. The van der Waals surface area contributed by atoms with Crippen molar-refractivity contribution in [1.82, 2.24) is 16.0 Å². The molecule has 0 rings (SSSR count). The first-order valence-corrected chi connectivity index (χ1v) is 8.13. The van der Waals surface area contributed by atoms with Crippen molar-refractivity contribution >= 4 is 18.0 Å². The molecule has 0 radical (unpaired) electrons. The molecule has 8 heteroatoms. The Hall–Kier alpha value is -1.83. The van der Waals surface area contributed by atoms with Crippen molar-refractivity contribution in [2.45, 2.75) is 64.6 Å². The lowest BCUT2D eigenvalue weighted by molar-refractivity contribution is -0.144. The van der Waals surface area contributed by atoms with E-state index in [1.165, 1.54) is 7.11 Å². The zero-order valence-corrected chi connectivity index (χ0v) is 15.5. The number of carbonyl (C=O) groups excluding carboxylic acids is 3. The molecule has 0 saturated heterocycles. The van der Waals surface area contributed by atoms with Crippen molar-refractivity contribution in [2.24, 2.45) is 0 Å². The molecule has 0 aliphatic rings. The molecule has 24 heavy (non-hydrogen) atoms. The van der Waals surface area contributed by atoms with Crippen molar-refractivity contribution in [1.29, 1.82) is 0 Å². The lowest BCUT2D eigenvalue weighted by Crippen LogP contribution is -2.48. The average Bonchev–Trinajstić information content (AvgIpc) is 2.47. The highest BCUT2D eigenvalue weighted by molar-refractivity contribution is 5.87. The molecule has 0 saturated carbocycles. The fourth-order valence-corrected chi connectivity index (χ4v) is 1.93. The van der Waals surface area contributed by atoms with E-state index in [0.29, 0.717) is 13.0 Å². The van der Waals surface area contributed by atoms with E-state index >= 15 is 0 Å². The summed E-state index contributed by atoms with van der Waals surface area (Å²) in [6.07, 6.45) is 1.60. The molecule has 0 aromatic carbocycles. The molecule has 140 valence electrons. The predicted molar refractivity (Wildman–Crippen MR) is 90.6 cm³/mol. The van der Waals surface area contributed by atoms with E-state index in [-0.39, 0.29) is 5.91 Å². The normalized spacial score (nSPS) is 13.6. The van der Waals surface area contributed by atoms with Gasteiger partial charge in [0.05, 0.1) is 13.2 Å². The van der Waals surface area contributed by atoms with Crippen molar-refractivity contribution < 1.29 is 23.9 Å². The van der Waals surface area contributed by atoms with Crippen LogP contribution in [-0.2, 0) is 19.1 Å². The maximum atomic E-state index is 12.1. The highest BCUT2D eigenvalue weighted by Crippen LogP contribution is 2.06. The van der Waals surface area contributed by atoms with Gasteiger partial charge in [-0.1, -0.05) is 0 Å². The third kappa shape index (κ3) is 10.0. The summed E-state index contributed by atoms with van der Waals surface area (Å²) >= 11 is 0. The number of esters is 1. The molecular formula is C16H31N3O5. The first-order valence-electron chi connectivity index (χ1n) is 8.13.